The van der Waals surface area contributed by atoms with E-state index in [-0.39, 0.29) is 16.8 Å². The Morgan fingerprint density at radius 1 is 0.310 bits per heavy atom. The summed E-state index contributed by atoms with van der Waals surface area (Å²) in [5, 5.41) is 88.6. The lowest BCUT2D eigenvalue weighted by Crippen LogP contribution is -2.56. The summed E-state index contributed by atoms with van der Waals surface area (Å²) >= 11 is 1.77. The van der Waals surface area contributed by atoms with Gasteiger partial charge in [0, 0.05) is 15.7 Å². The van der Waals surface area contributed by atoms with E-state index in [1.165, 1.54) is 10.4 Å². The van der Waals surface area contributed by atoms with Crippen LogP contribution < -0.4 is 0 Å². The second-order valence-electron chi connectivity index (χ2n) is 26.0. The smallest absolute Gasteiger partial charge is 0.348 e. The van der Waals surface area contributed by atoms with Crippen LogP contribution in [0.3, 0.4) is 0 Å². The van der Waals surface area contributed by atoms with E-state index in [0.29, 0.717) is 0 Å². The molecule has 0 fully saturated rings. The first-order chi connectivity index (χ1) is 35.3. The van der Waals surface area contributed by atoms with Crippen LogP contribution in [-0.4, -0.2) is 13.1 Å². The molecule has 29 aromatic rings. The summed E-state index contributed by atoms with van der Waals surface area (Å²) in [6.07, 6.45) is 1.88. The van der Waals surface area contributed by atoms with Gasteiger partial charge in [-0.2, -0.15) is 0 Å². The van der Waals surface area contributed by atoms with Crippen LogP contribution in [0, 0.1) is 0 Å². The van der Waals surface area contributed by atoms with Gasteiger partial charge in [0.2, 0.25) is 0 Å². The summed E-state index contributed by atoms with van der Waals surface area (Å²) in [5.41, 5.74) is 7.62. The number of hydrogen-bond acceptors (Lipinski definition) is 3. The van der Waals surface area contributed by atoms with Crippen molar-refractivity contribution in [3.05, 3.63) is 43.6 Å². The molecule has 0 radical (unpaired) electrons. The Morgan fingerprint density at radius 2 is 0.493 bits per heavy atom. The van der Waals surface area contributed by atoms with Gasteiger partial charge in [0.25, 0.3) is 0 Å². The second-order valence-corrected chi connectivity index (χ2v) is 27.1. The third-order valence-electron chi connectivity index (χ3n) is 25.9. The number of esters is 1. The molecule has 298 valence electrons. The molecule has 5 aliphatic rings. The molecule has 0 saturated carbocycles. The summed E-state index contributed by atoms with van der Waals surface area (Å²) in [4.78, 5) is 16.0. The first kappa shape index (κ1) is 26.6. The molecular weight excluding hydrogens is 881 g/mol. The molecule has 0 unspecified atom stereocenters. The third-order valence-corrected chi connectivity index (χ3v) is 27.0. The Morgan fingerprint density at radius 3 is 0.690 bits per heavy atom. The highest BCUT2D eigenvalue weighted by Gasteiger charge is 2.71. The number of ether oxygens (including phenoxy) is 1. The molecule has 0 amide bonds. The largest absolute Gasteiger partial charge is 0.465 e. The van der Waals surface area contributed by atoms with E-state index in [0.717, 1.165) is 17.7 Å². The molecule has 71 heavy (non-hydrogen) atoms. The minimum atomic E-state index is -0.320. The maximum absolute atomic E-state index is 13.8. The highest BCUT2D eigenvalue weighted by atomic mass is 32.1. The molecular formula is C68H8O2S. The topological polar surface area (TPSA) is 26.3 Å². The molecule has 28 aromatic carbocycles. The zero-order valence-corrected chi connectivity index (χ0v) is 37.0. The summed E-state index contributed by atoms with van der Waals surface area (Å²) < 4.78 is 5.59. The van der Waals surface area contributed by atoms with E-state index >= 15 is 0 Å². The number of fused-ring (bicyclic) bond motifs is 1. The quantitative estimate of drug-likeness (QED) is 0.121. The number of carbonyl (C=O) groups excluding carboxylic acids is 1. The molecule has 0 N–H and O–H groups in total. The number of thiophene rings is 1. The molecule has 2 nitrogen and oxygen atoms in total. The first-order valence-corrected chi connectivity index (χ1v) is 27.0. The van der Waals surface area contributed by atoms with Crippen LogP contribution in [0.1, 0.15) is 42.4 Å². The molecule has 5 aliphatic carbocycles. The van der Waals surface area contributed by atoms with Crippen LogP contribution in [-0.2, 0) is 28.4 Å². The Labute approximate surface area is 389 Å². The monoisotopic (exact) mass is 888 g/mol. The van der Waals surface area contributed by atoms with Gasteiger partial charge in [0.15, 0.2) is 0 Å². The van der Waals surface area contributed by atoms with Crippen LogP contribution >= 0.6 is 11.3 Å². The van der Waals surface area contributed by atoms with Gasteiger partial charge in [-0.15, -0.1) is 11.3 Å². The molecule has 3 heteroatoms. The van der Waals surface area contributed by atoms with Gasteiger partial charge < -0.3 is 4.74 Å². The number of methoxy groups -OCH3 is 1. The highest BCUT2D eigenvalue weighted by Crippen LogP contribution is 2.85. The fraction of sp³-hybridized carbons (Fsp3) is 0.0735. The lowest BCUT2D eigenvalue weighted by atomic mass is 9.44. The predicted molar refractivity (Wildman–Crippen MR) is 297 cm³/mol. The van der Waals surface area contributed by atoms with E-state index in [9.17, 15) is 4.79 Å². The molecule has 0 saturated heterocycles. The Balaban J connectivity index is 1.15. The van der Waals surface area contributed by atoms with Crippen molar-refractivity contribution in [1.29, 1.82) is 0 Å². The van der Waals surface area contributed by atoms with E-state index < -0.39 is 0 Å². The molecule has 1 heterocycles. The molecule has 1 aromatic heterocycles. The molecule has 0 aliphatic heterocycles. The van der Waals surface area contributed by atoms with Gasteiger partial charge in [-0.1, -0.05) is 0 Å². The fourth-order valence-corrected chi connectivity index (χ4v) is 26.9. The summed E-state index contributed by atoms with van der Waals surface area (Å²) in [6, 6.07) is 2.31. The average molecular weight is 889 g/mol. The number of carbonyl (C=O) groups is 1. The minimum absolute atomic E-state index is 0.181. The van der Waals surface area contributed by atoms with E-state index in [1.54, 1.807) is 332 Å². The average Bonchev–Trinajstić information content (AvgIpc) is 4.29. The summed E-state index contributed by atoms with van der Waals surface area (Å²) in [5.74, 6) is -0.181. The lowest BCUT2D eigenvalue weighted by Gasteiger charge is -2.57. The van der Waals surface area contributed by atoms with Gasteiger partial charge in [-0.25, -0.2) is 4.79 Å². The van der Waals surface area contributed by atoms with Crippen molar-refractivity contribution in [2.45, 2.75) is 23.7 Å². The Hall–Kier alpha value is -8.37. The zero-order valence-electron chi connectivity index (χ0n) is 36.2. The van der Waals surface area contributed by atoms with Crippen LogP contribution in [0.25, 0.3) is 291 Å². The maximum atomic E-state index is 13.8. The van der Waals surface area contributed by atoms with Crippen LogP contribution in [0.15, 0.2) is 6.07 Å². The van der Waals surface area contributed by atoms with Crippen molar-refractivity contribution in [2.24, 2.45) is 0 Å². The van der Waals surface area contributed by atoms with E-state index in [2.05, 4.69) is 6.07 Å². The van der Waals surface area contributed by atoms with Crippen LogP contribution in [0.4, 0.5) is 0 Å². The number of hydrogen-bond donors (Lipinski definition) is 0. The standard InChI is InChI=1S/C68H8O2S/c1-70-66(69)6-2-5-3-67-62-54-46-36-26-18-10-8-9-12-16-14(10)22-30-24(16)34-28-20(12)21-13(9)17-15-11(8)19(18)27-33-23(15)31-25(17)35-29(21)39-38(28)48-42(34)52-44(30)50(40(46)32(22)26)56(62)60(52)64-58(48)59-49(39)43(35)53-45(31)51-41(33)47(37(27)36)55(54)63(67)57(51)61(53)65(59)68(64,67)4-7(5)71-6/h2H,3-4H2,1H3. The molecule has 2 spiro atoms. The highest BCUT2D eigenvalue weighted by molar-refractivity contribution is 7.14. The van der Waals surface area contributed by atoms with Gasteiger partial charge in [-0.3, -0.25) is 0 Å². The molecule has 0 bridgehead atoms. The van der Waals surface area contributed by atoms with Crippen molar-refractivity contribution in [3.63, 3.8) is 0 Å². The van der Waals surface area contributed by atoms with Gasteiger partial charge in [-0.05, 0) is 338 Å². The SMILES string of the molecule is COC(=O)c1cc2c(s1)CC13c4c5c6c7c8c9c(c%10c%11c1c1c4c4c%12c5c5c6c6c8c8c%13c9c9c%10c%10c%11c%11c1c1c4c4c%12c%12c5c5c6c8c6c8c%13c9c9c%10c%10c%11c1c1c4c4c%12c5c6c5c8c9c%10c1c45)C73C2. The number of benzene rings is 18. The van der Waals surface area contributed by atoms with Gasteiger partial charge >= 0.3 is 5.97 Å². The third kappa shape index (κ3) is 1.42. The Kier molecular flexibility index (Phi) is 2.24. The zero-order chi connectivity index (χ0) is 42.3. The molecule has 0 atom stereocenters. The lowest BCUT2D eigenvalue weighted by molar-refractivity contribution is 0.0606. The van der Waals surface area contributed by atoms with Crippen molar-refractivity contribution in [1.82, 2.24) is 0 Å². The maximum Gasteiger partial charge on any atom is 0.348 e. The van der Waals surface area contributed by atoms with Crippen LogP contribution in [0.2, 0.25) is 0 Å². The van der Waals surface area contributed by atoms with E-state index in [1.807, 2.05) is 0 Å². The molecule has 34 rings (SSSR count). The first-order valence-electron chi connectivity index (χ1n) is 26.2. The fourth-order valence-electron chi connectivity index (χ4n) is 25.7. The number of rotatable bonds is 1. The second kappa shape index (κ2) is 5.98. The van der Waals surface area contributed by atoms with Crippen molar-refractivity contribution in [3.8, 4) is 0 Å². The van der Waals surface area contributed by atoms with Crippen LogP contribution in [0.5, 0.6) is 0 Å². The summed E-state index contributed by atoms with van der Waals surface area (Å²) in [7, 11) is 1.58. The van der Waals surface area contributed by atoms with Gasteiger partial charge in [0.1, 0.15) is 4.88 Å². The van der Waals surface area contributed by atoms with Crippen molar-refractivity contribution in [2.75, 3.05) is 7.11 Å². The van der Waals surface area contributed by atoms with E-state index in [4.69, 9.17) is 4.74 Å². The summed E-state index contributed by atoms with van der Waals surface area (Å²) in [6.45, 7) is 0. The minimum Gasteiger partial charge on any atom is -0.465 e. The Bertz CT molecular complexity index is 6890. The normalized spacial score (nSPS) is 22.2. The van der Waals surface area contributed by atoms with Crippen molar-refractivity contribution >= 4 is 308 Å². The van der Waals surface area contributed by atoms with Gasteiger partial charge in [0.05, 0.1) is 7.11 Å². The van der Waals surface area contributed by atoms with Crippen molar-refractivity contribution < 1.29 is 9.53 Å². The predicted octanol–water partition coefficient (Wildman–Crippen LogP) is 17.9.